The first-order chi connectivity index (χ1) is 27.4. The lowest BCUT2D eigenvalue weighted by atomic mass is 10.0. The Hall–Kier alpha value is -4.67. The first-order valence-electron chi connectivity index (χ1n) is 19.9. The number of Topliss-reactive ketones (excluding diaryl/α,β-unsaturated/α-hetero) is 1. The number of carbonyl (C=O) groups is 5. The lowest BCUT2D eigenvalue weighted by Gasteiger charge is -2.30. The van der Waals surface area contributed by atoms with Crippen LogP contribution in [0.4, 0.5) is 20.2 Å². The van der Waals surface area contributed by atoms with Crippen LogP contribution in [-0.2, 0) is 23.9 Å². The number of nitrogens with zero attached hydrogens (tertiary/aromatic N) is 4. The van der Waals surface area contributed by atoms with Gasteiger partial charge in [0.05, 0.1) is 25.7 Å². The Morgan fingerprint density at radius 1 is 0.724 bits per heavy atom. The van der Waals surface area contributed by atoms with Crippen LogP contribution in [0, 0.1) is 11.8 Å². The molecule has 4 heterocycles. The third kappa shape index (κ3) is 10.1. The van der Waals surface area contributed by atoms with E-state index in [1.807, 2.05) is 90.0 Å². The van der Waals surface area contributed by atoms with Gasteiger partial charge >= 0.3 is 0 Å². The molecule has 16 heteroatoms. The quantitative estimate of drug-likeness (QED) is 0.291. The fraction of sp³-hybridized carbons (Fsp3) is 0.595. The molecule has 0 aromatic heterocycles. The zero-order chi connectivity index (χ0) is 42.6. The van der Waals surface area contributed by atoms with E-state index in [0.29, 0.717) is 24.0 Å². The van der Waals surface area contributed by atoms with Crippen LogP contribution in [0.5, 0.6) is 0 Å². The summed E-state index contributed by atoms with van der Waals surface area (Å²) in [6.45, 7) is 7.29. The summed E-state index contributed by atoms with van der Waals surface area (Å²) in [5, 5.41) is 15.7. The van der Waals surface area contributed by atoms with Crippen molar-refractivity contribution in [3.05, 3.63) is 59.7 Å². The molecule has 4 aliphatic heterocycles. The fourth-order valence-electron chi connectivity index (χ4n) is 7.89. The number of anilines is 2. The highest BCUT2D eigenvalue weighted by molar-refractivity contribution is 6.00. The first kappa shape index (κ1) is 44.4. The van der Waals surface area contributed by atoms with Crippen molar-refractivity contribution in [3.8, 4) is 0 Å². The number of aliphatic hydroxyl groups is 1. The van der Waals surface area contributed by atoms with E-state index in [9.17, 15) is 37.9 Å². The highest BCUT2D eigenvalue weighted by Crippen LogP contribution is 2.33. The van der Waals surface area contributed by atoms with Crippen molar-refractivity contribution in [1.29, 1.82) is 0 Å². The van der Waals surface area contributed by atoms with Gasteiger partial charge in [-0.05, 0) is 73.2 Å². The molecule has 318 valence electrons. The van der Waals surface area contributed by atoms with Gasteiger partial charge in [-0.2, -0.15) is 0 Å². The number of nitrogens with one attached hydrogen (secondary N) is 2. The molecule has 2 aromatic rings. The van der Waals surface area contributed by atoms with Crippen LogP contribution >= 0.6 is 0 Å². The van der Waals surface area contributed by atoms with Crippen molar-refractivity contribution < 1.29 is 47.3 Å². The normalized spacial score (nSPS) is 25.8. The summed E-state index contributed by atoms with van der Waals surface area (Å²) in [7, 11) is 7.63. The lowest BCUT2D eigenvalue weighted by Crippen LogP contribution is -2.53. The van der Waals surface area contributed by atoms with Gasteiger partial charge in [0, 0.05) is 50.7 Å². The molecule has 4 aliphatic rings. The smallest absolute Gasteiger partial charge is 0.251 e. The fourth-order valence-corrected chi connectivity index (χ4v) is 7.89. The van der Waals surface area contributed by atoms with Crippen LogP contribution < -0.4 is 20.4 Å². The van der Waals surface area contributed by atoms with E-state index in [0.717, 1.165) is 11.4 Å². The third-order valence-corrected chi connectivity index (χ3v) is 10.9. The van der Waals surface area contributed by atoms with Gasteiger partial charge in [0.15, 0.2) is 5.78 Å². The minimum absolute atomic E-state index is 0.0129. The lowest BCUT2D eigenvalue weighted by molar-refractivity contribution is -0.138. The number of halogens is 2. The average Bonchev–Trinajstić information content (AvgIpc) is 3.93. The molecule has 0 spiro atoms. The van der Waals surface area contributed by atoms with Crippen molar-refractivity contribution in [2.75, 3.05) is 64.3 Å². The van der Waals surface area contributed by atoms with E-state index in [4.69, 9.17) is 9.47 Å². The summed E-state index contributed by atoms with van der Waals surface area (Å²) in [5.41, 5.74) is 2.79. The maximum Gasteiger partial charge on any atom is 0.251 e. The van der Waals surface area contributed by atoms with Gasteiger partial charge in [-0.15, -0.1) is 0 Å². The monoisotopic (exact) mass is 812 g/mol. The summed E-state index contributed by atoms with van der Waals surface area (Å²) >= 11 is 0. The Morgan fingerprint density at radius 2 is 1.16 bits per heavy atom. The average molecular weight is 813 g/mol. The van der Waals surface area contributed by atoms with Crippen molar-refractivity contribution in [1.82, 2.24) is 20.4 Å². The van der Waals surface area contributed by atoms with Crippen LogP contribution in [-0.4, -0.2) is 154 Å². The molecule has 6 rings (SSSR count). The van der Waals surface area contributed by atoms with Gasteiger partial charge in [0.1, 0.15) is 55.4 Å². The SMILES string of the molecule is CC(C)C[C@H](NC(=O)c1ccc(N(C)C)cc1)C(=O)N1C[C@H](F)[C@H]2OCC(=O)[C@H]21.CC(C)C[C@H](NC(=O)c1ccc(N(C)C)cc1)C(=O)N1C[C@H](F)[C@H]2OC[C@H](O)[C@H]21. The van der Waals surface area contributed by atoms with E-state index >= 15 is 0 Å². The summed E-state index contributed by atoms with van der Waals surface area (Å²) in [6, 6.07) is 10.9. The first-order valence-corrected chi connectivity index (χ1v) is 19.9. The second kappa shape index (κ2) is 18.9. The molecule has 0 unspecified atom stereocenters. The van der Waals surface area contributed by atoms with Crippen molar-refractivity contribution in [2.45, 2.75) is 95.4 Å². The summed E-state index contributed by atoms with van der Waals surface area (Å²) < 4.78 is 39.1. The van der Waals surface area contributed by atoms with Crippen LogP contribution in [0.15, 0.2) is 48.5 Å². The number of benzene rings is 2. The van der Waals surface area contributed by atoms with Gasteiger partial charge in [0.25, 0.3) is 11.8 Å². The van der Waals surface area contributed by atoms with Crippen LogP contribution in [0.1, 0.15) is 61.3 Å². The van der Waals surface area contributed by atoms with Crippen molar-refractivity contribution in [3.63, 3.8) is 0 Å². The molecule has 4 amide bonds. The molecule has 0 bridgehead atoms. The molecule has 0 aliphatic carbocycles. The molecular formula is C42H58F2N6O8. The predicted octanol–water partition coefficient (Wildman–Crippen LogP) is 2.62. The number of amides is 4. The Morgan fingerprint density at radius 3 is 1.60 bits per heavy atom. The van der Waals surface area contributed by atoms with Crippen LogP contribution in [0.3, 0.4) is 0 Å². The molecule has 4 fully saturated rings. The maximum absolute atomic E-state index is 14.3. The molecule has 14 nitrogen and oxygen atoms in total. The number of ketones is 1. The zero-order valence-electron chi connectivity index (χ0n) is 34.6. The Bertz CT molecular complexity index is 1780. The number of ether oxygens (including phenoxy) is 2. The Balaban J connectivity index is 0.000000221. The number of fused-ring (bicyclic) bond motifs is 2. The number of hydrogen-bond donors (Lipinski definition) is 3. The minimum atomic E-state index is -1.40. The molecule has 0 saturated carbocycles. The summed E-state index contributed by atoms with van der Waals surface area (Å²) in [6.07, 6.45) is -4.55. The Kier molecular flexibility index (Phi) is 14.5. The van der Waals surface area contributed by atoms with Gasteiger partial charge in [-0.1, -0.05) is 27.7 Å². The predicted molar refractivity (Wildman–Crippen MR) is 214 cm³/mol. The number of aliphatic hydroxyl groups excluding tert-OH is 1. The Labute approximate surface area is 339 Å². The van der Waals surface area contributed by atoms with E-state index in [1.54, 1.807) is 24.3 Å². The number of carbonyl (C=O) groups excluding carboxylic acids is 5. The van der Waals surface area contributed by atoms with Gasteiger partial charge < -0.3 is 44.8 Å². The van der Waals surface area contributed by atoms with Gasteiger partial charge in [-0.25, -0.2) is 8.78 Å². The van der Waals surface area contributed by atoms with E-state index in [2.05, 4.69) is 10.6 Å². The largest absolute Gasteiger partial charge is 0.388 e. The maximum atomic E-state index is 14.3. The second-order valence-electron chi connectivity index (χ2n) is 16.7. The molecular weight excluding hydrogens is 754 g/mol. The molecule has 3 N–H and O–H groups in total. The van der Waals surface area contributed by atoms with Crippen LogP contribution in [0.25, 0.3) is 0 Å². The van der Waals surface area contributed by atoms with Gasteiger partial charge in [-0.3, -0.25) is 24.0 Å². The van der Waals surface area contributed by atoms with E-state index < -0.39 is 60.7 Å². The summed E-state index contributed by atoms with van der Waals surface area (Å²) in [5.74, 6) is -1.58. The highest BCUT2D eigenvalue weighted by atomic mass is 19.1. The highest BCUT2D eigenvalue weighted by Gasteiger charge is 2.54. The van der Waals surface area contributed by atoms with E-state index in [1.165, 1.54) is 9.80 Å². The molecule has 9 atom stereocenters. The van der Waals surface area contributed by atoms with Gasteiger partial charge in [0.2, 0.25) is 11.8 Å². The third-order valence-electron chi connectivity index (χ3n) is 10.9. The summed E-state index contributed by atoms with van der Waals surface area (Å²) in [4.78, 5) is 70.4. The van der Waals surface area contributed by atoms with Crippen LogP contribution in [0.2, 0.25) is 0 Å². The van der Waals surface area contributed by atoms with E-state index in [-0.39, 0.29) is 61.6 Å². The molecule has 0 radical (unpaired) electrons. The second-order valence-corrected chi connectivity index (χ2v) is 16.7. The van der Waals surface area contributed by atoms with Crippen molar-refractivity contribution in [2.24, 2.45) is 11.8 Å². The number of likely N-dealkylation sites (tertiary alicyclic amines) is 2. The number of hydrogen-bond acceptors (Lipinski definition) is 10. The number of alkyl halides is 2. The number of rotatable bonds is 12. The molecule has 4 saturated heterocycles. The topological polar surface area (TPSA) is 161 Å². The molecule has 2 aromatic carbocycles. The minimum Gasteiger partial charge on any atom is -0.388 e. The zero-order valence-corrected chi connectivity index (χ0v) is 34.6. The molecule has 58 heavy (non-hydrogen) atoms. The standard InChI is InChI=1S/C21H30FN3O4.C21H28FN3O4/c2*1-12(2)9-16(23-20(27)13-5-7-14(8-6-13)24(3)4)21(28)25-10-15(22)19-18(25)17(26)11-29-19/h5-8,12,15-19,26H,9-11H2,1-4H3,(H,23,27);5-8,12,15-16,18-19H,9-11H2,1-4H3,(H,23,27)/t15-,16-,17-,18+,19+;15-,16-,18+,19+/m00/s1. The van der Waals surface area contributed by atoms with Crippen molar-refractivity contribution >= 4 is 40.8 Å².